The van der Waals surface area contributed by atoms with Crippen molar-refractivity contribution in [2.45, 2.75) is 45.1 Å². The van der Waals surface area contributed by atoms with Crippen LogP contribution in [0, 0.1) is 5.92 Å². The van der Waals surface area contributed by atoms with E-state index in [1.54, 1.807) is 12.1 Å². The van der Waals surface area contributed by atoms with Crippen molar-refractivity contribution in [2.24, 2.45) is 16.8 Å². The summed E-state index contributed by atoms with van der Waals surface area (Å²) in [7, 11) is 0. The van der Waals surface area contributed by atoms with Gasteiger partial charge in [-0.1, -0.05) is 31.0 Å². The molecule has 104 valence electrons. The van der Waals surface area contributed by atoms with E-state index in [1.165, 1.54) is 19.3 Å². The first-order valence-corrected chi connectivity index (χ1v) is 6.84. The standard InChI is InChI=1S/C14H21N3O2/c1-2-10-5-3-6-11(9-10)19-13-8-4-7-12(16-13)14(15)17-18/h4,7-8,10-11,18H,2-3,5-6,9H2,1H3,(H2,15,17). The number of aromatic nitrogens is 1. The maximum Gasteiger partial charge on any atom is 0.214 e. The highest BCUT2D eigenvalue weighted by molar-refractivity contribution is 5.95. The zero-order chi connectivity index (χ0) is 13.7. The van der Waals surface area contributed by atoms with E-state index >= 15 is 0 Å². The third-order valence-corrected chi connectivity index (χ3v) is 3.69. The number of ether oxygens (including phenoxy) is 1. The van der Waals surface area contributed by atoms with Gasteiger partial charge in [-0.3, -0.25) is 0 Å². The first-order chi connectivity index (χ1) is 9.22. The molecular weight excluding hydrogens is 242 g/mol. The van der Waals surface area contributed by atoms with Gasteiger partial charge in [-0.15, -0.1) is 0 Å². The topological polar surface area (TPSA) is 80.7 Å². The van der Waals surface area contributed by atoms with E-state index in [9.17, 15) is 0 Å². The summed E-state index contributed by atoms with van der Waals surface area (Å²) >= 11 is 0. The van der Waals surface area contributed by atoms with Crippen molar-refractivity contribution in [3.05, 3.63) is 23.9 Å². The van der Waals surface area contributed by atoms with Gasteiger partial charge in [0, 0.05) is 6.07 Å². The summed E-state index contributed by atoms with van der Waals surface area (Å²) in [6.45, 7) is 2.23. The molecule has 0 aliphatic heterocycles. The van der Waals surface area contributed by atoms with Crippen molar-refractivity contribution in [1.82, 2.24) is 4.98 Å². The number of hydrogen-bond acceptors (Lipinski definition) is 4. The highest BCUT2D eigenvalue weighted by Gasteiger charge is 2.22. The molecule has 5 heteroatoms. The van der Waals surface area contributed by atoms with E-state index in [0.29, 0.717) is 11.6 Å². The van der Waals surface area contributed by atoms with Crippen LogP contribution in [0.1, 0.15) is 44.7 Å². The molecule has 0 aromatic carbocycles. The summed E-state index contributed by atoms with van der Waals surface area (Å²) in [5, 5.41) is 11.6. The zero-order valence-corrected chi connectivity index (χ0v) is 11.2. The molecule has 0 bridgehead atoms. The minimum absolute atomic E-state index is 0.000490. The summed E-state index contributed by atoms with van der Waals surface area (Å²) in [5.74, 6) is 1.30. The largest absolute Gasteiger partial charge is 0.474 e. The molecule has 1 aliphatic rings. The minimum Gasteiger partial charge on any atom is -0.474 e. The SMILES string of the molecule is CCC1CCCC(Oc2cccc(C(N)=NO)n2)C1. The van der Waals surface area contributed by atoms with Crippen LogP contribution in [0.4, 0.5) is 0 Å². The Kier molecular flexibility index (Phi) is 4.60. The van der Waals surface area contributed by atoms with Gasteiger partial charge in [0.25, 0.3) is 0 Å². The predicted molar refractivity (Wildman–Crippen MR) is 73.4 cm³/mol. The van der Waals surface area contributed by atoms with Crippen LogP contribution >= 0.6 is 0 Å². The predicted octanol–water partition coefficient (Wildman–Crippen LogP) is 2.52. The summed E-state index contributed by atoms with van der Waals surface area (Å²) in [4.78, 5) is 4.25. The number of nitrogens with two attached hydrogens (primary N) is 1. The highest BCUT2D eigenvalue weighted by atomic mass is 16.5. The molecule has 2 rings (SSSR count). The third kappa shape index (κ3) is 3.59. The van der Waals surface area contributed by atoms with Crippen molar-refractivity contribution >= 4 is 5.84 Å². The molecule has 3 N–H and O–H groups in total. The van der Waals surface area contributed by atoms with Crippen molar-refractivity contribution in [3.8, 4) is 5.88 Å². The fourth-order valence-corrected chi connectivity index (χ4v) is 2.56. The van der Waals surface area contributed by atoms with Crippen molar-refractivity contribution in [3.63, 3.8) is 0 Å². The smallest absolute Gasteiger partial charge is 0.214 e. The average Bonchev–Trinajstić information content (AvgIpc) is 2.47. The molecule has 1 aliphatic carbocycles. The maximum atomic E-state index is 8.65. The highest BCUT2D eigenvalue weighted by Crippen LogP contribution is 2.29. The van der Waals surface area contributed by atoms with Gasteiger partial charge < -0.3 is 15.7 Å². The van der Waals surface area contributed by atoms with E-state index in [4.69, 9.17) is 15.7 Å². The second-order valence-corrected chi connectivity index (χ2v) is 5.03. The van der Waals surface area contributed by atoms with Gasteiger partial charge in [0.2, 0.25) is 5.88 Å². The monoisotopic (exact) mass is 263 g/mol. The second kappa shape index (κ2) is 6.41. The summed E-state index contributed by atoms with van der Waals surface area (Å²) in [5.41, 5.74) is 5.96. The van der Waals surface area contributed by atoms with Crippen LogP contribution in [0.5, 0.6) is 5.88 Å². The van der Waals surface area contributed by atoms with Crippen LogP contribution in [-0.4, -0.2) is 22.1 Å². The Labute approximate surface area is 113 Å². The Morgan fingerprint density at radius 2 is 2.37 bits per heavy atom. The quantitative estimate of drug-likeness (QED) is 0.378. The third-order valence-electron chi connectivity index (χ3n) is 3.69. The van der Waals surface area contributed by atoms with Crippen molar-refractivity contribution < 1.29 is 9.94 Å². The molecule has 19 heavy (non-hydrogen) atoms. The minimum atomic E-state index is 0.000490. The van der Waals surface area contributed by atoms with Gasteiger partial charge in [-0.2, -0.15) is 0 Å². The van der Waals surface area contributed by atoms with E-state index in [-0.39, 0.29) is 11.9 Å². The first kappa shape index (κ1) is 13.6. The summed E-state index contributed by atoms with van der Waals surface area (Å²) < 4.78 is 5.92. The lowest BCUT2D eigenvalue weighted by Crippen LogP contribution is -2.25. The fourth-order valence-electron chi connectivity index (χ4n) is 2.56. The van der Waals surface area contributed by atoms with Gasteiger partial charge in [-0.05, 0) is 31.2 Å². The molecular formula is C14H21N3O2. The second-order valence-electron chi connectivity index (χ2n) is 5.03. The number of oxime groups is 1. The number of pyridine rings is 1. The Morgan fingerprint density at radius 3 is 3.11 bits per heavy atom. The lowest BCUT2D eigenvalue weighted by molar-refractivity contribution is 0.117. The van der Waals surface area contributed by atoms with Crippen molar-refractivity contribution in [2.75, 3.05) is 0 Å². The van der Waals surface area contributed by atoms with Crippen LogP contribution in [0.25, 0.3) is 0 Å². The van der Waals surface area contributed by atoms with Crippen LogP contribution in [0.2, 0.25) is 0 Å². The number of nitrogens with zero attached hydrogens (tertiary/aromatic N) is 2. The molecule has 0 radical (unpaired) electrons. The molecule has 5 nitrogen and oxygen atoms in total. The van der Waals surface area contributed by atoms with Crippen LogP contribution in [-0.2, 0) is 0 Å². The first-order valence-electron chi connectivity index (χ1n) is 6.84. The van der Waals surface area contributed by atoms with Gasteiger partial charge in [0.1, 0.15) is 11.8 Å². The number of rotatable bonds is 4. The lowest BCUT2D eigenvalue weighted by Gasteiger charge is -2.28. The van der Waals surface area contributed by atoms with E-state index < -0.39 is 0 Å². The van der Waals surface area contributed by atoms with Crippen molar-refractivity contribution in [1.29, 1.82) is 0 Å². The van der Waals surface area contributed by atoms with Gasteiger partial charge in [0.15, 0.2) is 5.84 Å². The average molecular weight is 263 g/mol. The molecule has 1 heterocycles. The molecule has 1 saturated carbocycles. The Morgan fingerprint density at radius 1 is 1.53 bits per heavy atom. The van der Waals surface area contributed by atoms with E-state index in [1.807, 2.05) is 6.07 Å². The maximum absolute atomic E-state index is 8.65. The Hall–Kier alpha value is -1.78. The van der Waals surface area contributed by atoms with Crippen LogP contribution in [0.3, 0.4) is 0 Å². The zero-order valence-electron chi connectivity index (χ0n) is 11.2. The Balaban J connectivity index is 2.02. The van der Waals surface area contributed by atoms with E-state index in [2.05, 4.69) is 17.1 Å². The fraction of sp³-hybridized carbons (Fsp3) is 0.571. The van der Waals surface area contributed by atoms with Gasteiger partial charge in [-0.25, -0.2) is 4.98 Å². The Bertz CT molecular complexity index is 448. The van der Waals surface area contributed by atoms with Crippen LogP contribution in [0.15, 0.2) is 23.4 Å². The molecule has 0 saturated heterocycles. The molecule has 1 fully saturated rings. The normalized spacial score (nSPS) is 24.2. The number of hydrogen-bond donors (Lipinski definition) is 2. The summed E-state index contributed by atoms with van der Waals surface area (Å²) in [6.07, 6.45) is 6.11. The molecule has 0 amide bonds. The summed E-state index contributed by atoms with van der Waals surface area (Å²) in [6, 6.07) is 5.30. The van der Waals surface area contributed by atoms with Crippen LogP contribution < -0.4 is 10.5 Å². The van der Waals surface area contributed by atoms with Gasteiger partial charge >= 0.3 is 0 Å². The van der Waals surface area contributed by atoms with Gasteiger partial charge in [0.05, 0.1) is 0 Å². The molecule has 1 aromatic rings. The molecule has 0 spiro atoms. The lowest BCUT2D eigenvalue weighted by atomic mass is 9.85. The molecule has 2 unspecified atom stereocenters. The molecule has 2 atom stereocenters. The number of amidine groups is 1. The molecule has 1 aromatic heterocycles. The van der Waals surface area contributed by atoms with E-state index in [0.717, 1.165) is 18.8 Å².